The number of ether oxygens (including phenoxy) is 1. The van der Waals surface area contributed by atoms with Gasteiger partial charge in [0.1, 0.15) is 16.4 Å². The van der Waals surface area contributed by atoms with Gasteiger partial charge in [0.15, 0.2) is 6.10 Å². The maximum absolute atomic E-state index is 13.6. The van der Waals surface area contributed by atoms with E-state index in [2.05, 4.69) is 10.4 Å². The Balaban J connectivity index is 1.55. The van der Waals surface area contributed by atoms with Crippen molar-refractivity contribution in [2.45, 2.75) is 13.0 Å². The van der Waals surface area contributed by atoms with Gasteiger partial charge in [-0.25, -0.2) is 9.07 Å². The van der Waals surface area contributed by atoms with Crippen molar-refractivity contribution in [2.24, 2.45) is 0 Å². The molecule has 0 fully saturated rings. The summed E-state index contributed by atoms with van der Waals surface area (Å²) in [7, 11) is 1.54. The first kappa shape index (κ1) is 20.2. The third-order valence-corrected chi connectivity index (χ3v) is 6.48. The third kappa shape index (κ3) is 3.31. The van der Waals surface area contributed by atoms with Crippen molar-refractivity contribution < 1.29 is 18.7 Å². The monoisotopic (exact) mass is 450 g/mol. The number of aryl methyl sites for hydroxylation is 1. The molecule has 3 heterocycles. The molecule has 32 heavy (non-hydrogen) atoms. The zero-order valence-electron chi connectivity index (χ0n) is 17.3. The van der Waals surface area contributed by atoms with Crippen molar-refractivity contribution in [1.82, 2.24) is 15.1 Å². The van der Waals surface area contributed by atoms with Crippen molar-refractivity contribution in [2.75, 3.05) is 18.5 Å². The van der Waals surface area contributed by atoms with Gasteiger partial charge >= 0.3 is 0 Å². The lowest BCUT2D eigenvalue weighted by atomic mass is 10.1. The van der Waals surface area contributed by atoms with Crippen LogP contribution in [0.15, 0.2) is 54.6 Å². The lowest BCUT2D eigenvalue weighted by Gasteiger charge is -2.33. The van der Waals surface area contributed by atoms with Crippen molar-refractivity contribution in [1.29, 1.82) is 0 Å². The van der Waals surface area contributed by atoms with Gasteiger partial charge in [0.05, 0.1) is 28.5 Å². The molecule has 2 amide bonds. The predicted molar refractivity (Wildman–Crippen MR) is 120 cm³/mol. The number of carbonyl (C=O) groups is 2. The van der Waals surface area contributed by atoms with E-state index in [1.165, 1.54) is 30.5 Å². The van der Waals surface area contributed by atoms with Gasteiger partial charge in [0, 0.05) is 12.4 Å². The summed E-state index contributed by atoms with van der Waals surface area (Å²) in [4.78, 5) is 28.7. The van der Waals surface area contributed by atoms with Gasteiger partial charge in [-0.15, -0.1) is 11.3 Å². The van der Waals surface area contributed by atoms with Gasteiger partial charge in [0.25, 0.3) is 11.8 Å². The molecule has 2 aromatic heterocycles. The standard InChI is InChI=1S/C23H19FN4O3S/c1-13-16-11-20(32-23(16)28(26-13)15-9-7-14(24)8-10-15)22(30)27-12-19(21(29)25-2)31-18-6-4-3-5-17(18)27/h3-11,19H,12H2,1-2H3,(H,25,29)/t19-/m1/s1. The number of thiophene rings is 1. The highest BCUT2D eigenvalue weighted by Crippen LogP contribution is 2.37. The molecule has 0 bridgehead atoms. The van der Waals surface area contributed by atoms with E-state index in [0.29, 0.717) is 22.0 Å². The predicted octanol–water partition coefficient (Wildman–Crippen LogP) is 3.69. The first-order valence-corrected chi connectivity index (χ1v) is 10.8. The van der Waals surface area contributed by atoms with Crippen LogP contribution in [0.4, 0.5) is 10.1 Å². The number of benzene rings is 2. The molecule has 9 heteroatoms. The number of likely N-dealkylation sites (N-methyl/N-ethyl adjacent to an activating group) is 1. The van der Waals surface area contributed by atoms with Crippen LogP contribution in [-0.4, -0.2) is 41.3 Å². The number of para-hydroxylation sites is 2. The number of nitrogens with one attached hydrogen (secondary N) is 1. The molecule has 0 unspecified atom stereocenters. The Hall–Kier alpha value is -3.72. The van der Waals surface area contributed by atoms with Gasteiger partial charge in [-0.2, -0.15) is 5.10 Å². The van der Waals surface area contributed by atoms with E-state index in [1.54, 1.807) is 39.9 Å². The van der Waals surface area contributed by atoms with E-state index < -0.39 is 6.10 Å². The summed E-state index contributed by atoms with van der Waals surface area (Å²) in [5.74, 6) is -0.361. The third-order valence-electron chi connectivity index (χ3n) is 5.38. The summed E-state index contributed by atoms with van der Waals surface area (Å²) < 4.78 is 20.9. The Labute approximate surface area is 187 Å². The van der Waals surface area contributed by atoms with Crippen molar-refractivity contribution in [3.63, 3.8) is 0 Å². The van der Waals surface area contributed by atoms with E-state index in [-0.39, 0.29) is 24.2 Å². The molecule has 0 saturated carbocycles. The molecular formula is C23H19FN4O3S. The lowest BCUT2D eigenvalue weighted by Crippen LogP contribution is -2.50. The highest BCUT2D eigenvalue weighted by Gasteiger charge is 2.34. The van der Waals surface area contributed by atoms with E-state index in [4.69, 9.17) is 4.74 Å². The van der Waals surface area contributed by atoms with Crippen LogP contribution >= 0.6 is 11.3 Å². The van der Waals surface area contributed by atoms with Gasteiger partial charge in [0.2, 0.25) is 0 Å². The van der Waals surface area contributed by atoms with Crippen LogP contribution in [0, 0.1) is 12.7 Å². The molecule has 162 valence electrons. The van der Waals surface area contributed by atoms with Gasteiger partial charge < -0.3 is 10.1 Å². The summed E-state index contributed by atoms with van der Waals surface area (Å²) in [6, 6.07) is 15.0. The van der Waals surface area contributed by atoms with E-state index in [9.17, 15) is 14.0 Å². The normalized spacial score (nSPS) is 15.3. The second kappa shape index (κ2) is 7.76. The van der Waals surface area contributed by atoms with Crippen LogP contribution in [-0.2, 0) is 4.79 Å². The van der Waals surface area contributed by atoms with Crippen molar-refractivity contribution >= 4 is 39.1 Å². The lowest BCUT2D eigenvalue weighted by molar-refractivity contribution is -0.127. The van der Waals surface area contributed by atoms with E-state index in [0.717, 1.165) is 15.9 Å². The van der Waals surface area contributed by atoms with Crippen LogP contribution in [0.3, 0.4) is 0 Å². The first-order chi connectivity index (χ1) is 15.5. The summed E-state index contributed by atoms with van der Waals surface area (Å²) in [6.07, 6.45) is -0.801. The Kier molecular flexibility index (Phi) is 4.90. The van der Waals surface area contributed by atoms with Gasteiger partial charge in [-0.05, 0) is 49.4 Å². The zero-order valence-corrected chi connectivity index (χ0v) is 18.1. The maximum Gasteiger partial charge on any atom is 0.268 e. The second-order valence-corrected chi connectivity index (χ2v) is 8.44. The van der Waals surface area contributed by atoms with E-state index >= 15 is 0 Å². The van der Waals surface area contributed by atoms with Crippen LogP contribution in [0.5, 0.6) is 5.75 Å². The first-order valence-electron chi connectivity index (χ1n) is 10.0. The largest absolute Gasteiger partial charge is 0.477 e. The average Bonchev–Trinajstić information content (AvgIpc) is 3.38. The number of hydrogen-bond acceptors (Lipinski definition) is 5. The number of anilines is 1. The molecule has 1 aliphatic heterocycles. The molecule has 5 rings (SSSR count). The zero-order chi connectivity index (χ0) is 22.4. The van der Waals surface area contributed by atoms with E-state index in [1.807, 2.05) is 19.1 Å². The van der Waals surface area contributed by atoms with Crippen LogP contribution in [0.2, 0.25) is 0 Å². The number of aromatic nitrogens is 2. The molecule has 1 atom stereocenters. The molecular weight excluding hydrogens is 431 g/mol. The number of halogens is 1. The summed E-state index contributed by atoms with van der Waals surface area (Å²) in [5.41, 5.74) is 2.10. The molecule has 0 spiro atoms. The minimum atomic E-state index is -0.801. The average molecular weight is 450 g/mol. The highest BCUT2D eigenvalue weighted by atomic mass is 32.1. The van der Waals surface area contributed by atoms with Gasteiger partial charge in [-0.3, -0.25) is 14.5 Å². The topological polar surface area (TPSA) is 76.5 Å². The van der Waals surface area contributed by atoms with Crippen molar-refractivity contribution in [3.05, 3.63) is 71.0 Å². The molecule has 1 N–H and O–H groups in total. The molecule has 0 aliphatic carbocycles. The fourth-order valence-electron chi connectivity index (χ4n) is 3.77. The number of fused-ring (bicyclic) bond motifs is 2. The Bertz CT molecular complexity index is 1350. The number of nitrogens with zero attached hydrogens (tertiary/aromatic N) is 3. The molecule has 1 aliphatic rings. The van der Waals surface area contributed by atoms with Crippen LogP contribution in [0.25, 0.3) is 15.9 Å². The minimum Gasteiger partial charge on any atom is -0.477 e. The molecule has 7 nitrogen and oxygen atoms in total. The molecule has 4 aromatic rings. The number of amides is 2. The minimum absolute atomic E-state index is 0.104. The van der Waals surface area contributed by atoms with Crippen molar-refractivity contribution in [3.8, 4) is 11.4 Å². The highest BCUT2D eigenvalue weighted by molar-refractivity contribution is 7.20. The Morgan fingerprint density at radius 3 is 2.69 bits per heavy atom. The Morgan fingerprint density at radius 1 is 1.19 bits per heavy atom. The summed E-state index contributed by atoms with van der Waals surface area (Å²) in [5, 5.41) is 7.99. The summed E-state index contributed by atoms with van der Waals surface area (Å²) >= 11 is 1.31. The van der Waals surface area contributed by atoms with Gasteiger partial charge in [-0.1, -0.05) is 12.1 Å². The molecule has 2 aromatic carbocycles. The quantitative estimate of drug-likeness (QED) is 0.517. The van der Waals surface area contributed by atoms with Crippen LogP contribution in [0.1, 0.15) is 15.4 Å². The fourth-order valence-corrected chi connectivity index (χ4v) is 4.90. The smallest absolute Gasteiger partial charge is 0.268 e. The second-order valence-electron chi connectivity index (χ2n) is 7.41. The number of carbonyl (C=O) groups excluding carboxylic acids is 2. The summed E-state index contributed by atoms with van der Waals surface area (Å²) in [6.45, 7) is 1.97. The number of hydrogen-bond donors (Lipinski definition) is 1. The molecule has 0 radical (unpaired) electrons. The maximum atomic E-state index is 13.6. The van der Waals surface area contributed by atoms with Crippen LogP contribution < -0.4 is 15.0 Å². The SMILES string of the molecule is CNC(=O)[C@H]1CN(C(=O)c2cc3c(C)nn(-c4ccc(F)cc4)c3s2)c2ccccc2O1. The fraction of sp³-hybridized carbons (Fsp3) is 0.174. The Morgan fingerprint density at radius 2 is 1.94 bits per heavy atom. The number of rotatable bonds is 3. The molecule has 0 saturated heterocycles.